The predicted octanol–water partition coefficient (Wildman–Crippen LogP) is 19.6. The molecule has 9 aromatic rings. The molecule has 3 heterocycles. The van der Waals surface area contributed by atoms with Crippen molar-refractivity contribution < 1.29 is 4.74 Å². The van der Waals surface area contributed by atoms with Gasteiger partial charge in [-0.15, -0.1) is 0 Å². The van der Waals surface area contributed by atoms with Gasteiger partial charge in [0.15, 0.2) is 0 Å². The summed E-state index contributed by atoms with van der Waals surface area (Å²) in [5.41, 5.74) is 14.6. The Kier molecular flexibility index (Phi) is 14.3. The number of hydrogen-bond acceptors (Lipinski definition) is 4. The van der Waals surface area contributed by atoms with Gasteiger partial charge in [-0.25, -0.2) is 4.98 Å². The molecule has 0 atom stereocenters. The molecular weight excluding hydrogens is 913 g/mol. The lowest BCUT2D eigenvalue weighted by atomic mass is 9.63. The topological polar surface area (TPSA) is 33.5 Å². The van der Waals surface area contributed by atoms with Gasteiger partial charge in [0.25, 0.3) is 0 Å². The van der Waals surface area contributed by atoms with E-state index in [1.54, 1.807) is 0 Å². The fraction of sp³-hybridized carbons (Fsp3) is 0.329. The SMILES string of the molecule is CCCC(CCC)(c1ccccc1)c1cccc(C(CCC)(CCC)c2ccccc2)c1N1CN(c2cc(Oc3ccc4c5ccccc5n(-c5cc(C(C)(C)C)ccn5)c4c3)cc(C(C)(C)C)c2)c2ccccc21. The summed E-state index contributed by atoms with van der Waals surface area (Å²) in [6, 6.07) is 65.9. The van der Waals surface area contributed by atoms with Gasteiger partial charge in [-0.2, -0.15) is 0 Å². The highest BCUT2D eigenvalue weighted by atomic mass is 16.5. The molecule has 5 nitrogen and oxygen atoms in total. The van der Waals surface area contributed by atoms with Crippen molar-refractivity contribution in [2.45, 2.75) is 142 Å². The highest BCUT2D eigenvalue weighted by molar-refractivity contribution is 6.09. The van der Waals surface area contributed by atoms with E-state index < -0.39 is 0 Å². The molecule has 0 bridgehead atoms. The van der Waals surface area contributed by atoms with Crippen molar-refractivity contribution in [2.24, 2.45) is 0 Å². The first-order valence-corrected chi connectivity index (χ1v) is 28.0. The highest BCUT2D eigenvalue weighted by Gasteiger charge is 2.44. The van der Waals surface area contributed by atoms with Crippen molar-refractivity contribution in [1.82, 2.24) is 9.55 Å². The molecule has 1 aliphatic rings. The third kappa shape index (κ3) is 9.53. The number of ether oxygens (including phenoxy) is 1. The highest BCUT2D eigenvalue weighted by Crippen LogP contribution is 2.56. The van der Waals surface area contributed by atoms with Gasteiger partial charge in [0.05, 0.1) is 28.1 Å². The van der Waals surface area contributed by atoms with Crippen molar-refractivity contribution in [1.29, 1.82) is 0 Å². The Morgan fingerprint density at radius 3 is 1.55 bits per heavy atom. The van der Waals surface area contributed by atoms with Crippen LogP contribution >= 0.6 is 0 Å². The van der Waals surface area contributed by atoms with Crippen LogP contribution in [0.15, 0.2) is 182 Å². The molecule has 0 saturated carbocycles. The molecule has 75 heavy (non-hydrogen) atoms. The predicted molar refractivity (Wildman–Crippen MR) is 319 cm³/mol. The van der Waals surface area contributed by atoms with E-state index in [0.717, 1.165) is 85.4 Å². The summed E-state index contributed by atoms with van der Waals surface area (Å²) in [6.45, 7) is 23.8. The number of aromatic nitrogens is 2. The van der Waals surface area contributed by atoms with E-state index >= 15 is 0 Å². The lowest BCUT2D eigenvalue weighted by Crippen LogP contribution is -2.36. The van der Waals surface area contributed by atoms with Gasteiger partial charge >= 0.3 is 0 Å². The molecule has 0 spiro atoms. The molecule has 2 aromatic heterocycles. The average Bonchev–Trinajstić information content (AvgIpc) is 3.98. The smallest absolute Gasteiger partial charge is 0.137 e. The summed E-state index contributed by atoms with van der Waals surface area (Å²) < 4.78 is 9.44. The van der Waals surface area contributed by atoms with Crippen molar-refractivity contribution in [3.8, 4) is 17.3 Å². The first kappa shape index (κ1) is 51.4. The van der Waals surface area contributed by atoms with Crippen LogP contribution in [-0.4, -0.2) is 16.2 Å². The molecule has 0 fully saturated rings. The maximum atomic E-state index is 7.15. The number of hydrogen-bond donors (Lipinski definition) is 0. The minimum absolute atomic E-state index is 0.0211. The van der Waals surface area contributed by atoms with Crippen LogP contribution in [-0.2, 0) is 21.7 Å². The van der Waals surface area contributed by atoms with Crippen molar-refractivity contribution in [2.75, 3.05) is 16.5 Å². The molecule has 0 radical (unpaired) electrons. The first-order valence-electron chi connectivity index (χ1n) is 28.0. The van der Waals surface area contributed by atoms with Crippen LogP contribution in [0.3, 0.4) is 0 Å². The van der Waals surface area contributed by atoms with Crippen LogP contribution in [0.4, 0.5) is 22.7 Å². The van der Waals surface area contributed by atoms with Crippen LogP contribution < -0.4 is 14.5 Å². The summed E-state index contributed by atoms with van der Waals surface area (Å²) in [5.74, 6) is 2.50. The molecule has 0 N–H and O–H groups in total. The number of para-hydroxylation sites is 4. The Morgan fingerprint density at radius 1 is 0.440 bits per heavy atom. The maximum absolute atomic E-state index is 7.15. The zero-order chi connectivity index (χ0) is 52.5. The molecule has 384 valence electrons. The second kappa shape index (κ2) is 20.9. The van der Waals surface area contributed by atoms with Gasteiger partial charge in [0.1, 0.15) is 24.0 Å². The van der Waals surface area contributed by atoms with E-state index in [9.17, 15) is 0 Å². The number of fused-ring (bicyclic) bond motifs is 4. The minimum Gasteiger partial charge on any atom is -0.457 e. The maximum Gasteiger partial charge on any atom is 0.137 e. The molecule has 7 aromatic carbocycles. The summed E-state index contributed by atoms with van der Waals surface area (Å²) in [4.78, 5) is 10.2. The molecule has 0 saturated heterocycles. The number of nitrogens with zero attached hydrogens (tertiary/aromatic N) is 4. The first-order chi connectivity index (χ1) is 36.2. The number of benzene rings is 7. The van der Waals surface area contributed by atoms with Gasteiger partial charge < -0.3 is 14.5 Å². The number of pyridine rings is 1. The van der Waals surface area contributed by atoms with Crippen LogP contribution in [0, 0.1) is 0 Å². The summed E-state index contributed by atoms with van der Waals surface area (Å²) in [6.07, 6.45) is 10.5. The molecule has 5 heteroatoms. The van der Waals surface area contributed by atoms with E-state index in [2.05, 4.69) is 260 Å². The summed E-state index contributed by atoms with van der Waals surface area (Å²) >= 11 is 0. The Morgan fingerprint density at radius 2 is 0.973 bits per heavy atom. The Labute approximate surface area is 448 Å². The number of anilines is 4. The van der Waals surface area contributed by atoms with Crippen LogP contribution in [0.2, 0.25) is 0 Å². The van der Waals surface area contributed by atoms with Gasteiger partial charge in [-0.05, 0) is 124 Å². The Bertz CT molecular complexity index is 3340. The van der Waals surface area contributed by atoms with E-state index in [-0.39, 0.29) is 21.7 Å². The normalized spacial score (nSPS) is 13.3. The third-order valence-corrected chi connectivity index (χ3v) is 16.2. The van der Waals surface area contributed by atoms with Gasteiger partial charge in [0, 0.05) is 45.6 Å². The molecule has 0 unspecified atom stereocenters. The lowest BCUT2D eigenvalue weighted by Gasteiger charge is -2.43. The molecule has 0 aliphatic carbocycles. The zero-order valence-electron chi connectivity index (χ0n) is 46.4. The molecule has 1 aliphatic heterocycles. The second-order valence-electron chi connectivity index (χ2n) is 23.3. The monoisotopic (exact) mass is 991 g/mol. The fourth-order valence-corrected chi connectivity index (χ4v) is 12.8. The number of rotatable bonds is 17. The average molecular weight is 991 g/mol. The van der Waals surface area contributed by atoms with Crippen molar-refractivity contribution in [3.05, 3.63) is 216 Å². The summed E-state index contributed by atoms with van der Waals surface area (Å²) in [7, 11) is 0. The lowest BCUT2D eigenvalue weighted by molar-refractivity contribution is 0.414. The van der Waals surface area contributed by atoms with Gasteiger partial charge in [0.2, 0.25) is 0 Å². The van der Waals surface area contributed by atoms with Crippen molar-refractivity contribution >= 4 is 44.6 Å². The largest absolute Gasteiger partial charge is 0.457 e. The third-order valence-electron chi connectivity index (χ3n) is 16.2. The van der Waals surface area contributed by atoms with E-state index in [0.29, 0.717) is 6.67 Å². The molecule has 10 rings (SSSR count). The van der Waals surface area contributed by atoms with Gasteiger partial charge in [-0.3, -0.25) is 4.57 Å². The van der Waals surface area contributed by atoms with E-state index in [1.165, 1.54) is 61.2 Å². The quantitative estimate of drug-likeness (QED) is 0.0910. The van der Waals surface area contributed by atoms with Crippen LogP contribution in [0.5, 0.6) is 11.5 Å². The van der Waals surface area contributed by atoms with Crippen LogP contribution in [0.1, 0.15) is 154 Å². The minimum atomic E-state index is -0.204. The fourth-order valence-electron chi connectivity index (χ4n) is 12.8. The Balaban J connectivity index is 1.15. The van der Waals surface area contributed by atoms with Gasteiger partial charge in [-0.1, -0.05) is 204 Å². The van der Waals surface area contributed by atoms with Crippen molar-refractivity contribution in [3.63, 3.8) is 0 Å². The van der Waals surface area contributed by atoms with E-state index in [1.807, 2.05) is 6.20 Å². The molecular formula is C70H78N4O. The summed E-state index contributed by atoms with van der Waals surface area (Å²) in [5, 5.41) is 2.36. The second-order valence-corrected chi connectivity index (χ2v) is 23.3. The zero-order valence-corrected chi connectivity index (χ0v) is 46.4. The molecule has 0 amide bonds. The van der Waals surface area contributed by atoms with Crippen LogP contribution in [0.25, 0.3) is 27.6 Å². The van der Waals surface area contributed by atoms with E-state index in [4.69, 9.17) is 9.72 Å². The Hall–Kier alpha value is -7.11. The standard InChI is InChI=1S/C70H78N4O/c1-11-39-69(40-12-2,50-26-17-15-18-27-50)59-31-25-32-60(70(41-13-3,42-14-4)51-28-19-16-20-29-51)66(59)73-49-72(62-34-23-24-35-63(62)73)54-44-53(68(8,9)10)45-56(47-54)75-55-36-37-58-57-30-21-22-33-61(57)74(64(58)48-55)65-46-52(38-43-71-65)67(5,6)7/h15-38,43-48H,11-14,39-42,49H2,1-10H3.